The molecule has 134 valence electrons. The van der Waals surface area contributed by atoms with Crippen molar-refractivity contribution in [3.05, 3.63) is 60.3 Å². The van der Waals surface area contributed by atoms with Gasteiger partial charge in [0.1, 0.15) is 5.82 Å². The highest BCUT2D eigenvalue weighted by atomic mass is 16.2. The Kier molecular flexibility index (Phi) is 4.11. The lowest BCUT2D eigenvalue weighted by molar-refractivity contribution is 0.0647. The van der Waals surface area contributed by atoms with Crippen LogP contribution in [0, 0.1) is 0 Å². The summed E-state index contributed by atoms with van der Waals surface area (Å²) in [6.45, 7) is 3.63. The number of carbonyl (C=O) groups excluding carboxylic acids is 1. The Balaban J connectivity index is 1.66. The first-order valence-corrected chi connectivity index (χ1v) is 8.96. The molecule has 1 atom stereocenters. The van der Waals surface area contributed by atoms with Crippen LogP contribution in [0.3, 0.4) is 0 Å². The van der Waals surface area contributed by atoms with E-state index in [9.17, 15) is 4.79 Å². The summed E-state index contributed by atoms with van der Waals surface area (Å²) in [4.78, 5) is 23.7. The van der Waals surface area contributed by atoms with Gasteiger partial charge in [0, 0.05) is 50.3 Å². The van der Waals surface area contributed by atoms with Gasteiger partial charge < -0.3 is 14.6 Å². The van der Waals surface area contributed by atoms with Crippen molar-refractivity contribution in [3.8, 4) is 0 Å². The second kappa shape index (κ2) is 6.44. The highest BCUT2D eigenvalue weighted by Crippen LogP contribution is 2.34. The smallest absolute Gasteiger partial charge is 0.255 e. The number of fused-ring (bicyclic) bond motifs is 1. The van der Waals surface area contributed by atoms with Gasteiger partial charge in [0.25, 0.3) is 5.91 Å². The number of hydrogen-bond acceptors (Lipinski definition) is 4. The minimum Gasteiger partial charge on any atom is -0.371 e. The Bertz CT molecular complexity index is 936. The fraction of sp³-hybridized carbons (Fsp3) is 0.350. The minimum absolute atomic E-state index is 0.0416. The van der Waals surface area contributed by atoms with Gasteiger partial charge in [-0.1, -0.05) is 6.92 Å². The van der Waals surface area contributed by atoms with E-state index in [0.717, 1.165) is 36.4 Å². The number of nitrogens with one attached hydrogen (secondary N) is 1. The molecule has 3 aromatic rings. The highest BCUT2D eigenvalue weighted by Gasteiger charge is 2.36. The fourth-order valence-corrected chi connectivity index (χ4v) is 3.81. The zero-order chi connectivity index (χ0) is 18.1. The first kappa shape index (κ1) is 16.6. The number of piperidine rings is 1. The van der Waals surface area contributed by atoms with Crippen molar-refractivity contribution >= 4 is 17.2 Å². The van der Waals surface area contributed by atoms with Crippen molar-refractivity contribution in [2.45, 2.75) is 25.2 Å². The number of rotatable bonds is 3. The Morgan fingerprint density at radius 3 is 2.96 bits per heavy atom. The average Bonchev–Trinajstić information content (AvgIpc) is 3.16. The van der Waals surface area contributed by atoms with Crippen LogP contribution in [-0.2, 0) is 5.41 Å². The van der Waals surface area contributed by atoms with Crippen molar-refractivity contribution in [1.82, 2.24) is 19.3 Å². The number of amides is 1. The van der Waals surface area contributed by atoms with Gasteiger partial charge in [0.2, 0.25) is 0 Å². The largest absolute Gasteiger partial charge is 0.371 e. The summed E-state index contributed by atoms with van der Waals surface area (Å²) in [5, 5.41) is 3.19. The molecule has 1 aliphatic heterocycles. The van der Waals surface area contributed by atoms with Crippen LogP contribution < -0.4 is 5.32 Å². The van der Waals surface area contributed by atoms with E-state index in [1.54, 1.807) is 18.5 Å². The van der Waals surface area contributed by atoms with E-state index in [-0.39, 0.29) is 11.3 Å². The van der Waals surface area contributed by atoms with Crippen LogP contribution in [-0.4, -0.2) is 45.3 Å². The van der Waals surface area contributed by atoms with E-state index in [2.05, 4.69) is 27.8 Å². The number of anilines is 1. The molecule has 0 spiro atoms. The molecule has 4 heterocycles. The van der Waals surface area contributed by atoms with Gasteiger partial charge in [-0.05, 0) is 37.1 Å². The molecule has 1 N–H and O–H groups in total. The van der Waals surface area contributed by atoms with Crippen LogP contribution in [0.25, 0.3) is 5.52 Å². The third kappa shape index (κ3) is 2.81. The molecule has 0 aliphatic carbocycles. The maximum absolute atomic E-state index is 12.9. The molecule has 0 unspecified atom stereocenters. The number of likely N-dealkylation sites (tertiary alicyclic amines) is 1. The molecule has 3 aromatic heterocycles. The molecule has 0 radical (unpaired) electrons. The zero-order valence-electron chi connectivity index (χ0n) is 15.1. The molecule has 4 rings (SSSR count). The second-order valence-electron chi connectivity index (χ2n) is 7.16. The molecule has 1 fully saturated rings. The molecule has 26 heavy (non-hydrogen) atoms. The summed E-state index contributed by atoms with van der Waals surface area (Å²) >= 11 is 0. The van der Waals surface area contributed by atoms with E-state index in [0.29, 0.717) is 12.1 Å². The third-order valence-electron chi connectivity index (χ3n) is 5.26. The van der Waals surface area contributed by atoms with Gasteiger partial charge in [-0.3, -0.25) is 9.78 Å². The number of carbonyl (C=O) groups is 1. The highest BCUT2D eigenvalue weighted by molar-refractivity contribution is 5.94. The monoisotopic (exact) mass is 349 g/mol. The average molecular weight is 349 g/mol. The molecule has 1 saturated heterocycles. The molecule has 6 heteroatoms. The van der Waals surface area contributed by atoms with Crippen LogP contribution in [0.15, 0.2) is 49.1 Å². The van der Waals surface area contributed by atoms with E-state index in [4.69, 9.17) is 4.98 Å². The lowest BCUT2D eigenvalue weighted by atomic mass is 9.79. The minimum atomic E-state index is -0.180. The molecule has 1 amide bonds. The quantitative estimate of drug-likeness (QED) is 0.790. The molecule has 1 aliphatic rings. The fourth-order valence-electron chi connectivity index (χ4n) is 3.81. The van der Waals surface area contributed by atoms with Crippen molar-refractivity contribution in [1.29, 1.82) is 0 Å². The van der Waals surface area contributed by atoms with E-state index >= 15 is 0 Å². The van der Waals surface area contributed by atoms with Crippen LogP contribution >= 0.6 is 0 Å². The topological polar surface area (TPSA) is 62.5 Å². The number of hydrogen-bond donors (Lipinski definition) is 1. The summed E-state index contributed by atoms with van der Waals surface area (Å²) in [7, 11) is 1.89. The van der Waals surface area contributed by atoms with Gasteiger partial charge in [0.05, 0.1) is 16.8 Å². The number of aromatic nitrogens is 3. The molecule has 0 aromatic carbocycles. The SMILES string of the molecule is CNc1nc([C@]2(C)CCCN(C(=O)c3cccnc3)C2)cn2cccc12. The number of pyridine rings is 1. The molecule has 6 nitrogen and oxygen atoms in total. The normalized spacial score (nSPS) is 20.3. The second-order valence-corrected chi connectivity index (χ2v) is 7.16. The van der Waals surface area contributed by atoms with Crippen LogP contribution in [0.1, 0.15) is 35.8 Å². The van der Waals surface area contributed by atoms with Crippen molar-refractivity contribution in [3.63, 3.8) is 0 Å². The van der Waals surface area contributed by atoms with Crippen molar-refractivity contribution in [2.75, 3.05) is 25.5 Å². The predicted octanol–water partition coefficient (Wildman–Crippen LogP) is 2.96. The lowest BCUT2D eigenvalue weighted by Crippen LogP contribution is -2.47. The number of nitrogens with zero attached hydrogens (tertiary/aromatic N) is 4. The third-order valence-corrected chi connectivity index (χ3v) is 5.26. The summed E-state index contributed by atoms with van der Waals surface area (Å²) in [6.07, 6.45) is 9.42. The van der Waals surface area contributed by atoms with Gasteiger partial charge in [0.15, 0.2) is 0 Å². The summed E-state index contributed by atoms with van der Waals surface area (Å²) in [5.41, 5.74) is 2.52. The summed E-state index contributed by atoms with van der Waals surface area (Å²) in [5.74, 6) is 0.907. The van der Waals surface area contributed by atoms with Crippen LogP contribution in [0.4, 0.5) is 5.82 Å². The van der Waals surface area contributed by atoms with E-state index in [1.807, 2.05) is 36.3 Å². The van der Waals surface area contributed by atoms with Gasteiger partial charge in [-0.15, -0.1) is 0 Å². The van der Waals surface area contributed by atoms with Crippen molar-refractivity contribution in [2.24, 2.45) is 0 Å². The zero-order valence-corrected chi connectivity index (χ0v) is 15.1. The standard InChI is InChI=1S/C20H23N5O/c1-20(17-13-24-10-4-7-16(24)18(21-2)23-17)8-5-11-25(14-20)19(26)15-6-3-9-22-12-15/h3-4,6-7,9-10,12-13H,5,8,11,14H2,1-2H3,(H,21,23)/t20-/m1/s1. The summed E-state index contributed by atoms with van der Waals surface area (Å²) < 4.78 is 2.10. The first-order chi connectivity index (χ1) is 12.6. The Morgan fingerprint density at radius 2 is 2.19 bits per heavy atom. The Hall–Kier alpha value is -2.89. The van der Waals surface area contributed by atoms with E-state index < -0.39 is 0 Å². The van der Waals surface area contributed by atoms with Gasteiger partial charge in [-0.2, -0.15) is 0 Å². The molecular weight excluding hydrogens is 326 g/mol. The molecule has 0 saturated carbocycles. The van der Waals surface area contributed by atoms with Crippen LogP contribution in [0.5, 0.6) is 0 Å². The first-order valence-electron chi connectivity index (χ1n) is 8.96. The Labute approximate surface area is 152 Å². The maximum Gasteiger partial charge on any atom is 0.255 e. The maximum atomic E-state index is 12.9. The van der Waals surface area contributed by atoms with Gasteiger partial charge >= 0.3 is 0 Å². The van der Waals surface area contributed by atoms with Gasteiger partial charge in [-0.25, -0.2) is 4.98 Å². The Morgan fingerprint density at radius 1 is 1.31 bits per heavy atom. The van der Waals surface area contributed by atoms with Crippen LogP contribution in [0.2, 0.25) is 0 Å². The summed E-state index contributed by atoms with van der Waals surface area (Å²) in [6, 6.07) is 7.69. The molecular formula is C20H23N5O. The van der Waals surface area contributed by atoms with Crippen molar-refractivity contribution < 1.29 is 4.79 Å². The molecule has 0 bridgehead atoms. The lowest BCUT2D eigenvalue weighted by Gasteiger charge is -2.40. The van der Waals surface area contributed by atoms with E-state index in [1.165, 1.54) is 0 Å². The predicted molar refractivity (Wildman–Crippen MR) is 101 cm³/mol.